The van der Waals surface area contributed by atoms with Gasteiger partial charge in [-0.1, -0.05) is 6.07 Å². The van der Waals surface area contributed by atoms with E-state index in [0.29, 0.717) is 5.82 Å². The van der Waals surface area contributed by atoms with Crippen LogP contribution in [0.4, 0.5) is 5.69 Å². The van der Waals surface area contributed by atoms with E-state index in [1.165, 1.54) is 5.56 Å². The van der Waals surface area contributed by atoms with Crippen molar-refractivity contribution in [2.24, 2.45) is 0 Å². The third-order valence-electron chi connectivity index (χ3n) is 3.99. The number of hydrogen-bond acceptors (Lipinski definition) is 6. The molecule has 24 heavy (non-hydrogen) atoms. The van der Waals surface area contributed by atoms with E-state index >= 15 is 0 Å². The highest BCUT2D eigenvalue weighted by atomic mass is 15.4. The molecule has 4 rings (SSSR count). The number of hydrazine groups is 1. The number of aromatic nitrogens is 4. The van der Waals surface area contributed by atoms with Gasteiger partial charge < -0.3 is 10.3 Å². The molecule has 0 amide bonds. The van der Waals surface area contributed by atoms with E-state index in [2.05, 4.69) is 54.1 Å². The first-order valence-corrected chi connectivity index (χ1v) is 7.82. The Balaban J connectivity index is 1.67. The number of aromatic amines is 1. The second-order valence-corrected chi connectivity index (χ2v) is 6.13. The van der Waals surface area contributed by atoms with Gasteiger partial charge in [-0.3, -0.25) is 10.1 Å². The molecule has 1 atom stereocenters. The van der Waals surface area contributed by atoms with Crippen LogP contribution >= 0.6 is 0 Å². The van der Waals surface area contributed by atoms with Crippen molar-refractivity contribution < 1.29 is 0 Å². The Kier molecular flexibility index (Phi) is 3.72. The lowest BCUT2D eigenvalue weighted by molar-refractivity contribution is 0.391. The first-order valence-electron chi connectivity index (χ1n) is 7.82. The van der Waals surface area contributed by atoms with Gasteiger partial charge in [-0.25, -0.2) is 10.4 Å². The number of H-pyrrole nitrogens is 1. The van der Waals surface area contributed by atoms with Gasteiger partial charge in [0.2, 0.25) is 0 Å². The van der Waals surface area contributed by atoms with E-state index in [-0.39, 0.29) is 6.04 Å². The third kappa shape index (κ3) is 2.75. The molecule has 1 unspecified atom stereocenters. The third-order valence-corrected chi connectivity index (χ3v) is 3.99. The standard InChI is InChI=1S/C17H19N7/c1-24(2)10-15-19-17(23-21-15)11-5-6-14-13(8-11)16(22-20-14)12-4-3-7-18-9-12/h3-9,16,20,22H,10H2,1-2H3,(H,19,21,23). The Morgan fingerprint density at radius 2 is 2.12 bits per heavy atom. The van der Waals surface area contributed by atoms with E-state index in [1.807, 2.05) is 32.4 Å². The first-order chi connectivity index (χ1) is 11.7. The number of benzene rings is 1. The lowest BCUT2D eigenvalue weighted by Gasteiger charge is -2.11. The van der Waals surface area contributed by atoms with Gasteiger partial charge in [-0.2, -0.15) is 5.10 Å². The Morgan fingerprint density at radius 3 is 2.92 bits per heavy atom. The molecule has 0 saturated carbocycles. The van der Waals surface area contributed by atoms with Crippen LogP contribution in [0.5, 0.6) is 0 Å². The van der Waals surface area contributed by atoms with Crippen LogP contribution in [0.2, 0.25) is 0 Å². The molecule has 0 radical (unpaired) electrons. The van der Waals surface area contributed by atoms with Crippen molar-refractivity contribution in [1.82, 2.24) is 30.5 Å². The molecule has 0 fully saturated rings. The van der Waals surface area contributed by atoms with Crippen molar-refractivity contribution in [2.75, 3.05) is 19.5 Å². The lowest BCUT2D eigenvalue weighted by Crippen LogP contribution is -2.19. The summed E-state index contributed by atoms with van der Waals surface area (Å²) < 4.78 is 0. The van der Waals surface area contributed by atoms with Crippen LogP contribution in [0.25, 0.3) is 11.4 Å². The molecular weight excluding hydrogens is 302 g/mol. The summed E-state index contributed by atoms with van der Waals surface area (Å²) in [5, 5.41) is 7.35. The van der Waals surface area contributed by atoms with Crippen molar-refractivity contribution in [3.05, 3.63) is 59.7 Å². The van der Waals surface area contributed by atoms with E-state index in [1.54, 1.807) is 6.20 Å². The zero-order valence-corrected chi connectivity index (χ0v) is 13.6. The van der Waals surface area contributed by atoms with Crippen molar-refractivity contribution in [3.8, 4) is 11.4 Å². The van der Waals surface area contributed by atoms with E-state index in [9.17, 15) is 0 Å². The SMILES string of the molecule is CN(C)Cc1nc(-c2ccc3c(c2)C(c2cccnc2)NN3)n[nH]1. The fraction of sp³-hybridized carbons (Fsp3) is 0.235. The van der Waals surface area contributed by atoms with Crippen LogP contribution < -0.4 is 10.9 Å². The summed E-state index contributed by atoms with van der Waals surface area (Å²) in [4.78, 5) is 10.8. The monoisotopic (exact) mass is 321 g/mol. The highest BCUT2D eigenvalue weighted by molar-refractivity contribution is 5.67. The van der Waals surface area contributed by atoms with Crippen LogP contribution in [0.1, 0.15) is 23.0 Å². The maximum atomic E-state index is 4.58. The number of nitrogens with one attached hydrogen (secondary N) is 3. The Labute approximate surface area is 140 Å². The van der Waals surface area contributed by atoms with Gasteiger partial charge in [0.15, 0.2) is 5.82 Å². The molecule has 3 heterocycles. The molecule has 2 aromatic heterocycles. The molecule has 0 spiro atoms. The number of pyridine rings is 1. The van der Waals surface area contributed by atoms with Gasteiger partial charge in [-0.15, -0.1) is 0 Å². The summed E-state index contributed by atoms with van der Waals surface area (Å²) in [5.74, 6) is 1.57. The van der Waals surface area contributed by atoms with Gasteiger partial charge in [0, 0.05) is 23.5 Å². The maximum Gasteiger partial charge on any atom is 0.181 e. The van der Waals surface area contributed by atoms with Gasteiger partial charge in [0.25, 0.3) is 0 Å². The topological polar surface area (TPSA) is 81.8 Å². The van der Waals surface area contributed by atoms with E-state index in [0.717, 1.165) is 29.2 Å². The first kappa shape index (κ1) is 14.8. The minimum absolute atomic E-state index is 0.0637. The molecule has 7 heteroatoms. The molecule has 0 saturated heterocycles. The fourth-order valence-corrected chi connectivity index (χ4v) is 2.89. The zero-order valence-electron chi connectivity index (χ0n) is 13.6. The summed E-state index contributed by atoms with van der Waals surface area (Å²) in [6.07, 6.45) is 3.66. The summed E-state index contributed by atoms with van der Waals surface area (Å²) in [6, 6.07) is 10.3. The van der Waals surface area contributed by atoms with Crippen LogP contribution in [-0.2, 0) is 6.54 Å². The molecule has 1 aliphatic heterocycles. The highest BCUT2D eigenvalue weighted by Gasteiger charge is 2.24. The lowest BCUT2D eigenvalue weighted by atomic mass is 9.98. The molecule has 3 N–H and O–H groups in total. The van der Waals surface area contributed by atoms with Gasteiger partial charge >= 0.3 is 0 Å². The molecule has 1 aromatic carbocycles. The average molecular weight is 321 g/mol. The van der Waals surface area contributed by atoms with Crippen LogP contribution in [0.3, 0.4) is 0 Å². The predicted octanol–water partition coefficient (Wildman–Crippen LogP) is 1.95. The maximum absolute atomic E-state index is 4.58. The molecule has 0 bridgehead atoms. The minimum Gasteiger partial charge on any atom is -0.320 e. The van der Waals surface area contributed by atoms with Gasteiger partial charge in [-0.05, 0) is 43.9 Å². The molecule has 1 aliphatic rings. The van der Waals surface area contributed by atoms with Crippen LogP contribution in [0, 0.1) is 0 Å². The molecule has 0 aliphatic carbocycles. The number of nitrogens with zero attached hydrogens (tertiary/aromatic N) is 4. The summed E-state index contributed by atoms with van der Waals surface area (Å²) in [5.41, 5.74) is 10.9. The minimum atomic E-state index is 0.0637. The predicted molar refractivity (Wildman–Crippen MR) is 92.0 cm³/mol. The molecule has 7 nitrogen and oxygen atoms in total. The number of fused-ring (bicyclic) bond motifs is 1. The normalized spacial score (nSPS) is 16.2. The van der Waals surface area contributed by atoms with Crippen LogP contribution in [0.15, 0.2) is 42.7 Å². The summed E-state index contributed by atoms with van der Waals surface area (Å²) in [7, 11) is 4.01. The summed E-state index contributed by atoms with van der Waals surface area (Å²) >= 11 is 0. The zero-order chi connectivity index (χ0) is 16.5. The highest BCUT2D eigenvalue weighted by Crippen LogP contribution is 2.35. The Hall–Kier alpha value is -2.77. The number of rotatable bonds is 4. The molecule has 3 aromatic rings. The quantitative estimate of drug-likeness (QED) is 0.681. The van der Waals surface area contributed by atoms with Gasteiger partial charge in [0.05, 0.1) is 18.3 Å². The fourth-order valence-electron chi connectivity index (χ4n) is 2.89. The van der Waals surface area contributed by atoms with Crippen molar-refractivity contribution in [3.63, 3.8) is 0 Å². The second kappa shape index (κ2) is 6.03. The van der Waals surface area contributed by atoms with E-state index in [4.69, 9.17) is 0 Å². The average Bonchev–Trinajstić information content (AvgIpc) is 3.21. The van der Waals surface area contributed by atoms with Crippen molar-refractivity contribution >= 4 is 5.69 Å². The molecular formula is C17H19N7. The smallest absolute Gasteiger partial charge is 0.181 e. The second-order valence-electron chi connectivity index (χ2n) is 6.13. The largest absolute Gasteiger partial charge is 0.320 e. The van der Waals surface area contributed by atoms with Crippen LogP contribution in [-0.4, -0.2) is 39.2 Å². The summed E-state index contributed by atoms with van der Waals surface area (Å²) in [6.45, 7) is 0.735. The number of hydrogen-bond donors (Lipinski definition) is 3. The Morgan fingerprint density at radius 1 is 1.21 bits per heavy atom. The van der Waals surface area contributed by atoms with Crippen molar-refractivity contribution in [1.29, 1.82) is 0 Å². The van der Waals surface area contributed by atoms with Gasteiger partial charge in [0.1, 0.15) is 5.82 Å². The number of anilines is 1. The molecule has 122 valence electrons. The van der Waals surface area contributed by atoms with E-state index < -0.39 is 0 Å². The van der Waals surface area contributed by atoms with Crippen molar-refractivity contribution in [2.45, 2.75) is 12.6 Å². The Bertz CT molecular complexity index is 841.